The van der Waals surface area contributed by atoms with Gasteiger partial charge >= 0.3 is 11.9 Å². The number of likely N-dealkylation sites (N-methyl/N-ethyl adjacent to an activating group) is 1. The van der Waals surface area contributed by atoms with Gasteiger partial charge in [-0.3, -0.25) is 14.4 Å². The summed E-state index contributed by atoms with van der Waals surface area (Å²) in [5.74, 6) is -0.466. The molecule has 0 fully saturated rings. The molecule has 0 aromatic heterocycles. The Morgan fingerprint density at radius 3 is 1.89 bits per heavy atom. The fourth-order valence-corrected chi connectivity index (χ4v) is 0.885. The number of esters is 2. The molecule has 0 aromatic rings. The minimum Gasteiger partial charge on any atom is -0.466 e. The lowest BCUT2D eigenvalue weighted by molar-refractivity contribution is -0.145. The Bertz CT molecular complexity index is 240. The van der Waals surface area contributed by atoms with E-state index in [2.05, 4.69) is 9.47 Å². The molecule has 0 unspecified atom stereocenters. The zero-order valence-corrected chi connectivity index (χ0v) is 12.8. The normalized spacial score (nSPS) is 8.21. The zero-order chi connectivity index (χ0) is 14.4. The Balaban J connectivity index is -0.000000262. The number of ether oxygens (including phenoxy) is 2. The Hall–Kier alpha value is -1.30. The maximum Gasteiger partial charge on any atom is 0.325 e. The lowest BCUT2D eigenvalue weighted by atomic mass is 10.3. The molecular weight excluding hydrogens is 274 g/mol. The van der Waals surface area contributed by atoms with E-state index in [1.807, 2.05) is 13.8 Å². The molecule has 6 nitrogen and oxygen atoms in total. The second-order valence-electron chi connectivity index (χ2n) is 3.38. The van der Waals surface area contributed by atoms with Crippen LogP contribution in [0.2, 0.25) is 0 Å². The van der Waals surface area contributed by atoms with Crippen molar-refractivity contribution in [1.29, 1.82) is 0 Å². The van der Waals surface area contributed by atoms with Crippen molar-refractivity contribution in [2.75, 3.05) is 26.8 Å². The molecule has 0 heterocycles. The highest BCUT2D eigenvalue weighted by Gasteiger charge is 2.03. The topological polar surface area (TPSA) is 72.9 Å². The molecule has 0 saturated carbocycles. The van der Waals surface area contributed by atoms with Crippen LogP contribution < -0.4 is 0 Å². The summed E-state index contributed by atoms with van der Waals surface area (Å²) in [6, 6.07) is 0. The van der Waals surface area contributed by atoms with Gasteiger partial charge in [-0.15, -0.1) is 12.4 Å². The SMILES string of the molecule is CCCC(=O)OCC.CCOC(=O)CN(C)C=O.Cl. The molecule has 0 aromatic carbocycles. The summed E-state index contributed by atoms with van der Waals surface area (Å²) in [4.78, 5) is 32.2. The van der Waals surface area contributed by atoms with Crippen LogP contribution in [0, 0.1) is 0 Å². The fourth-order valence-electron chi connectivity index (χ4n) is 0.885. The van der Waals surface area contributed by atoms with E-state index >= 15 is 0 Å². The molecule has 0 radical (unpaired) electrons. The summed E-state index contributed by atoms with van der Waals surface area (Å²) < 4.78 is 9.22. The third-order valence-corrected chi connectivity index (χ3v) is 1.62. The van der Waals surface area contributed by atoms with E-state index in [0.29, 0.717) is 26.0 Å². The quantitative estimate of drug-likeness (QED) is 0.525. The Kier molecular flexibility index (Phi) is 20.1. The Labute approximate surface area is 120 Å². The van der Waals surface area contributed by atoms with Gasteiger partial charge in [0.05, 0.1) is 13.2 Å². The van der Waals surface area contributed by atoms with E-state index in [1.165, 1.54) is 11.9 Å². The van der Waals surface area contributed by atoms with E-state index in [0.717, 1.165) is 6.42 Å². The summed E-state index contributed by atoms with van der Waals surface area (Å²) in [7, 11) is 1.52. The highest BCUT2D eigenvalue weighted by atomic mass is 35.5. The number of carbonyl (C=O) groups excluding carboxylic acids is 3. The monoisotopic (exact) mass is 297 g/mol. The van der Waals surface area contributed by atoms with Crippen molar-refractivity contribution in [2.45, 2.75) is 33.6 Å². The number of rotatable bonds is 7. The second-order valence-corrected chi connectivity index (χ2v) is 3.38. The number of nitrogens with zero attached hydrogens (tertiary/aromatic N) is 1. The lowest BCUT2D eigenvalue weighted by Gasteiger charge is -2.07. The maximum atomic E-state index is 10.6. The molecule has 0 N–H and O–H groups in total. The lowest BCUT2D eigenvalue weighted by Crippen LogP contribution is -2.25. The predicted molar refractivity (Wildman–Crippen MR) is 74.1 cm³/mol. The molecule has 0 rings (SSSR count). The van der Waals surface area contributed by atoms with Gasteiger partial charge in [-0.1, -0.05) is 6.92 Å². The highest BCUT2D eigenvalue weighted by molar-refractivity contribution is 5.85. The molecule has 0 saturated heterocycles. The van der Waals surface area contributed by atoms with E-state index in [-0.39, 0.29) is 30.9 Å². The Morgan fingerprint density at radius 2 is 1.53 bits per heavy atom. The average Bonchev–Trinajstić information content (AvgIpc) is 2.30. The predicted octanol–water partition coefficient (Wildman–Crippen LogP) is 1.41. The largest absolute Gasteiger partial charge is 0.466 e. The van der Waals surface area contributed by atoms with Crippen molar-refractivity contribution in [1.82, 2.24) is 4.90 Å². The number of hydrogen-bond acceptors (Lipinski definition) is 5. The summed E-state index contributed by atoms with van der Waals surface area (Å²) in [6.45, 7) is 6.37. The van der Waals surface area contributed by atoms with Gasteiger partial charge < -0.3 is 14.4 Å². The zero-order valence-electron chi connectivity index (χ0n) is 12.0. The van der Waals surface area contributed by atoms with Crippen LogP contribution in [0.15, 0.2) is 0 Å². The second kappa shape index (κ2) is 16.7. The molecule has 0 atom stereocenters. The van der Waals surface area contributed by atoms with E-state index in [4.69, 9.17) is 0 Å². The standard InChI is InChI=1S/C6H11NO3.C6H12O2.ClH/c1-3-10-6(9)4-7(2)5-8;1-3-5-6(7)8-4-2;/h5H,3-4H2,1-2H3;3-5H2,1-2H3;1H. The first kappa shape index (κ1) is 22.8. The molecule has 0 aliphatic carbocycles. The summed E-state index contributed by atoms with van der Waals surface area (Å²) in [5, 5.41) is 0. The minimum atomic E-state index is -0.378. The molecule has 0 bridgehead atoms. The molecule has 0 aliphatic rings. The van der Waals surface area contributed by atoms with E-state index in [9.17, 15) is 14.4 Å². The number of carbonyl (C=O) groups is 3. The third kappa shape index (κ3) is 19.2. The minimum absolute atomic E-state index is 0. The molecule has 0 aliphatic heterocycles. The molecule has 114 valence electrons. The molecule has 0 spiro atoms. The van der Waals surface area contributed by atoms with Crippen molar-refractivity contribution >= 4 is 30.8 Å². The summed E-state index contributed by atoms with van der Waals surface area (Å²) in [5.41, 5.74) is 0. The Morgan fingerprint density at radius 1 is 1.05 bits per heavy atom. The van der Waals surface area contributed by atoms with Crippen molar-refractivity contribution in [2.24, 2.45) is 0 Å². The van der Waals surface area contributed by atoms with Gasteiger partial charge in [0.15, 0.2) is 0 Å². The van der Waals surface area contributed by atoms with Gasteiger partial charge in [-0.05, 0) is 20.3 Å². The first-order valence-electron chi connectivity index (χ1n) is 5.98. The van der Waals surface area contributed by atoms with Crippen LogP contribution in [0.1, 0.15) is 33.6 Å². The number of halogens is 1. The molecule has 1 amide bonds. The van der Waals surface area contributed by atoms with Crippen LogP contribution in [0.4, 0.5) is 0 Å². The van der Waals surface area contributed by atoms with Crippen LogP contribution in [-0.4, -0.2) is 50.1 Å². The van der Waals surface area contributed by atoms with Crippen LogP contribution in [0.5, 0.6) is 0 Å². The van der Waals surface area contributed by atoms with Gasteiger partial charge in [-0.25, -0.2) is 0 Å². The number of amides is 1. The van der Waals surface area contributed by atoms with Crippen LogP contribution >= 0.6 is 12.4 Å². The maximum absolute atomic E-state index is 10.6. The van der Waals surface area contributed by atoms with Gasteiger partial charge in [0, 0.05) is 13.5 Å². The van der Waals surface area contributed by atoms with Crippen molar-refractivity contribution in [3.8, 4) is 0 Å². The molecule has 19 heavy (non-hydrogen) atoms. The van der Waals surface area contributed by atoms with Crippen molar-refractivity contribution in [3.63, 3.8) is 0 Å². The van der Waals surface area contributed by atoms with Gasteiger partial charge in [0.2, 0.25) is 6.41 Å². The van der Waals surface area contributed by atoms with Crippen LogP contribution in [0.3, 0.4) is 0 Å². The van der Waals surface area contributed by atoms with E-state index in [1.54, 1.807) is 6.92 Å². The summed E-state index contributed by atoms with van der Waals surface area (Å²) >= 11 is 0. The smallest absolute Gasteiger partial charge is 0.325 e. The van der Waals surface area contributed by atoms with Gasteiger partial charge in [0.1, 0.15) is 6.54 Å². The number of hydrogen-bond donors (Lipinski definition) is 0. The first-order chi connectivity index (χ1) is 8.51. The molecular formula is C12H24ClNO5. The third-order valence-electron chi connectivity index (χ3n) is 1.62. The fraction of sp³-hybridized carbons (Fsp3) is 0.750. The average molecular weight is 298 g/mol. The van der Waals surface area contributed by atoms with Crippen molar-refractivity contribution in [3.05, 3.63) is 0 Å². The van der Waals surface area contributed by atoms with Gasteiger partial charge in [-0.2, -0.15) is 0 Å². The van der Waals surface area contributed by atoms with Gasteiger partial charge in [0.25, 0.3) is 0 Å². The van der Waals surface area contributed by atoms with Crippen LogP contribution in [0.25, 0.3) is 0 Å². The molecule has 7 heteroatoms. The van der Waals surface area contributed by atoms with Crippen LogP contribution in [-0.2, 0) is 23.9 Å². The summed E-state index contributed by atoms with van der Waals surface area (Å²) in [6.07, 6.45) is 2.00. The first-order valence-corrected chi connectivity index (χ1v) is 5.98. The van der Waals surface area contributed by atoms with Crippen molar-refractivity contribution < 1.29 is 23.9 Å². The highest BCUT2D eigenvalue weighted by Crippen LogP contribution is 1.89. The van der Waals surface area contributed by atoms with E-state index < -0.39 is 0 Å².